The highest BCUT2D eigenvalue weighted by molar-refractivity contribution is 9.10. The Balaban J connectivity index is 2.19. The Morgan fingerprint density at radius 3 is 2.57 bits per heavy atom. The molecule has 0 saturated heterocycles. The molecule has 21 heavy (non-hydrogen) atoms. The first kappa shape index (κ1) is 14.2. The van der Waals surface area contributed by atoms with Crippen molar-refractivity contribution in [2.24, 2.45) is 5.73 Å². The van der Waals surface area contributed by atoms with Crippen molar-refractivity contribution < 1.29 is 0 Å². The minimum absolute atomic E-state index is 0.385. The van der Waals surface area contributed by atoms with Crippen LogP contribution in [0.2, 0.25) is 0 Å². The average molecular weight is 360 g/mol. The molecule has 0 aliphatic rings. The zero-order valence-corrected chi connectivity index (χ0v) is 14.1. The molecule has 0 bridgehead atoms. The fourth-order valence-corrected chi connectivity index (χ4v) is 3.21. The van der Waals surface area contributed by atoms with Crippen LogP contribution in [0, 0.1) is 13.8 Å². The van der Waals surface area contributed by atoms with Gasteiger partial charge < -0.3 is 5.73 Å². The minimum Gasteiger partial charge on any atom is -0.389 e. The topological polar surface area (TPSA) is 43.8 Å². The van der Waals surface area contributed by atoms with Gasteiger partial charge in [0.25, 0.3) is 0 Å². The third-order valence-electron chi connectivity index (χ3n) is 3.66. The Morgan fingerprint density at radius 1 is 1.19 bits per heavy atom. The van der Waals surface area contributed by atoms with Gasteiger partial charge in [-0.2, -0.15) is 0 Å². The van der Waals surface area contributed by atoms with E-state index >= 15 is 0 Å². The van der Waals surface area contributed by atoms with E-state index in [1.54, 1.807) is 0 Å². The molecule has 0 radical (unpaired) electrons. The molecule has 0 atom stereocenters. The standard InChI is InChI=1S/C16H14BrN3S/c1-9-5-14-15(6-10(9)2)20(8-19-14)11-3-4-12(16(18)21)13(17)7-11/h3-8H,1-2H3,(H2,18,21). The molecule has 0 unspecified atom stereocenters. The van der Waals surface area contributed by atoms with Crippen molar-refractivity contribution >= 4 is 44.2 Å². The van der Waals surface area contributed by atoms with Crippen molar-refractivity contribution in [2.75, 3.05) is 0 Å². The van der Waals surface area contributed by atoms with Gasteiger partial charge in [-0.1, -0.05) is 12.2 Å². The first-order valence-electron chi connectivity index (χ1n) is 6.51. The Kier molecular flexibility index (Phi) is 3.55. The maximum absolute atomic E-state index is 5.69. The van der Waals surface area contributed by atoms with E-state index < -0.39 is 0 Å². The molecule has 3 rings (SSSR count). The molecule has 106 valence electrons. The molecule has 0 aliphatic heterocycles. The minimum atomic E-state index is 0.385. The largest absolute Gasteiger partial charge is 0.389 e. The van der Waals surface area contributed by atoms with Gasteiger partial charge >= 0.3 is 0 Å². The quantitative estimate of drug-likeness (QED) is 0.702. The highest BCUT2D eigenvalue weighted by Gasteiger charge is 2.09. The van der Waals surface area contributed by atoms with Crippen LogP contribution < -0.4 is 5.73 Å². The molecule has 0 fully saturated rings. The van der Waals surface area contributed by atoms with Gasteiger partial charge in [-0.25, -0.2) is 4.98 Å². The summed E-state index contributed by atoms with van der Waals surface area (Å²) in [5.74, 6) is 0. The van der Waals surface area contributed by atoms with Gasteiger partial charge in [0, 0.05) is 15.7 Å². The van der Waals surface area contributed by atoms with E-state index in [9.17, 15) is 0 Å². The van der Waals surface area contributed by atoms with Gasteiger partial charge in [-0.3, -0.25) is 4.57 Å². The number of nitrogens with two attached hydrogens (primary N) is 1. The van der Waals surface area contributed by atoms with Crippen LogP contribution >= 0.6 is 28.1 Å². The molecule has 0 saturated carbocycles. The highest BCUT2D eigenvalue weighted by atomic mass is 79.9. The number of hydrogen-bond donors (Lipinski definition) is 1. The van der Waals surface area contributed by atoms with Crippen LogP contribution in [0.15, 0.2) is 41.1 Å². The number of aromatic nitrogens is 2. The van der Waals surface area contributed by atoms with E-state index in [1.807, 2.05) is 24.5 Å². The molecule has 3 aromatic rings. The van der Waals surface area contributed by atoms with Gasteiger partial charge in [-0.05, 0) is 71.2 Å². The number of benzene rings is 2. The smallest absolute Gasteiger partial charge is 0.105 e. The van der Waals surface area contributed by atoms with Crippen LogP contribution in [0.4, 0.5) is 0 Å². The number of aryl methyl sites for hydroxylation is 2. The van der Waals surface area contributed by atoms with Crippen molar-refractivity contribution in [3.05, 3.63) is 57.8 Å². The number of halogens is 1. The number of nitrogens with zero attached hydrogens (tertiary/aromatic N) is 2. The SMILES string of the molecule is Cc1cc2ncn(-c3ccc(C(N)=S)c(Br)c3)c2cc1C. The molecule has 1 aromatic heterocycles. The Bertz CT molecular complexity index is 867. The van der Waals surface area contributed by atoms with Crippen molar-refractivity contribution in [3.8, 4) is 5.69 Å². The second-order valence-corrected chi connectivity index (χ2v) is 6.36. The zero-order chi connectivity index (χ0) is 15.1. The zero-order valence-electron chi connectivity index (χ0n) is 11.7. The van der Waals surface area contributed by atoms with Crippen LogP contribution in [0.1, 0.15) is 16.7 Å². The molecule has 3 nitrogen and oxygen atoms in total. The maximum Gasteiger partial charge on any atom is 0.105 e. The predicted molar refractivity (Wildman–Crippen MR) is 94.1 cm³/mol. The Hall–Kier alpha value is -1.72. The lowest BCUT2D eigenvalue weighted by atomic mass is 10.1. The van der Waals surface area contributed by atoms with Crippen LogP contribution in [0.5, 0.6) is 0 Å². The van der Waals surface area contributed by atoms with Crippen molar-refractivity contribution in [3.63, 3.8) is 0 Å². The fourth-order valence-electron chi connectivity index (χ4n) is 2.32. The summed E-state index contributed by atoms with van der Waals surface area (Å²) in [6.45, 7) is 4.21. The highest BCUT2D eigenvalue weighted by Crippen LogP contribution is 2.25. The Morgan fingerprint density at radius 2 is 1.90 bits per heavy atom. The third kappa shape index (κ3) is 2.47. The van der Waals surface area contributed by atoms with Crippen LogP contribution in [-0.2, 0) is 0 Å². The van der Waals surface area contributed by atoms with Gasteiger partial charge in [0.1, 0.15) is 11.3 Å². The maximum atomic E-state index is 5.69. The van der Waals surface area contributed by atoms with Crippen LogP contribution in [-0.4, -0.2) is 14.5 Å². The van der Waals surface area contributed by atoms with Crippen LogP contribution in [0.3, 0.4) is 0 Å². The summed E-state index contributed by atoms with van der Waals surface area (Å²) < 4.78 is 2.95. The average Bonchev–Trinajstić information content (AvgIpc) is 2.81. The molecule has 2 N–H and O–H groups in total. The van der Waals surface area contributed by atoms with Crippen molar-refractivity contribution in [1.29, 1.82) is 0 Å². The normalized spacial score (nSPS) is 11.0. The second kappa shape index (κ2) is 5.24. The van der Waals surface area contributed by atoms with Gasteiger partial charge in [0.05, 0.1) is 11.0 Å². The summed E-state index contributed by atoms with van der Waals surface area (Å²) in [5.41, 5.74) is 12.1. The van der Waals surface area contributed by atoms with E-state index in [2.05, 4.69) is 51.5 Å². The second-order valence-electron chi connectivity index (χ2n) is 5.07. The van der Waals surface area contributed by atoms with Gasteiger partial charge in [-0.15, -0.1) is 0 Å². The number of thiocarbonyl (C=S) groups is 1. The van der Waals surface area contributed by atoms with E-state index in [0.29, 0.717) is 4.99 Å². The lowest BCUT2D eigenvalue weighted by Gasteiger charge is -2.09. The molecule has 5 heteroatoms. The number of imidazole rings is 1. The van der Waals surface area contributed by atoms with Crippen molar-refractivity contribution in [2.45, 2.75) is 13.8 Å². The monoisotopic (exact) mass is 359 g/mol. The summed E-state index contributed by atoms with van der Waals surface area (Å²) >= 11 is 8.55. The lowest BCUT2D eigenvalue weighted by molar-refractivity contribution is 1.09. The summed E-state index contributed by atoms with van der Waals surface area (Å²) in [6, 6.07) is 10.2. The lowest BCUT2D eigenvalue weighted by Crippen LogP contribution is -2.10. The van der Waals surface area contributed by atoms with Gasteiger partial charge in [0.15, 0.2) is 0 Å². The molecular weight excluding hydrogens is 346 g/mol. The summed E-state index contributed by atoms with van der Waals surface area (Å²) in [7, 11) is 0. The van der Waals surface area contributed by atoms with Crippen molar-refractivity contribution in [1.82, 2.24) is 9.55 Å². The molecule has 0 amide bonds. The summed E-state index contributed by atoms with van der Waals surface area (Å²) in [6.07, 6.45) is 1.84. The number of hydrogen-bond acceptors (Lipinski definition) is 2. The third-order valence-corrected chi connectivity index (χ3v) is 4.54. The molecular formula is C16H14BrN3S. The summed E-state index contributed by atoms with van der Waals surface area (Å²) in [5, 5.41) is 0. The van der Waals surface area contributed by atoms with E-state index in [1.165, 1.54) is 11.1 Å². The van der Waals surface area contributed by atoms with E-state index in [4.69, 9.17) is 18.0 Å². The molecule has 1 heterocycles. The fraction of sp³-hybridized carbons (Fsp3) is 0.125. The van der Waals surface area contributed by atoms with E-state index in [-0.39, 0.29) is 0 Å². The van der Waals surface area contributed by atoms with Crippen LogP contribution in [0.25, 0.3) is 16.7 Å². The first-order valence-corrected chi connectivity index (χ1v) is 7.71. The summed E-state index contributed by atoms with van der Waals surface area (Å²) in [4.78, 5) is 4.87. The number of fused-ring (bicyclic) bond motifs is 1. The molecule has 2 aromatic carbocycles. The number of rotatable bonds is 2. The molecule has 0 aliphatic carbocycles. The predicted octanol–water partition coefficient (Wildman–Crippen LogP) is 4.04. The first-order chi connectivity index (χ1) is 9.97. The molecule has 0 spiro atoms. The van der Waals surface area contributed by atoms with Gasteiger partial charge in [0.2, 0.25) is 0 Å². The van der Waals surface area contributed by atoms with E-state index in [0.717, 1.165) is 26.8 Å². The Labute approximate surface area is 136 Å².